The van der Waals surface area contributed by atoms with Crippen LogP contribution in [-0.2, 0) is 6.54 Å². The number of aromatic nitrogens is 1. The first kappa shape index (κ1) is 14.8. The Morgan fingerprint density at radius 3 is 2.85 bits per heavy atom. The van der Waals surface area contributed by atoms with Crippen molar-refractivity contribution in [3.63, 3.8) is 0 Å². The smallest absolute Gasteiger partial charge is 0.147 e. The molecule has 1 N–H and O–H groups in total. The first-order valence-electron chi connectivity index (χ1n) is 6.77. The summed E-state index contributed by atoms with van der Waals surface area (Å²) in [4.78, 5) is 4.02. The van der Waals surface area contributed by atoms with Gasteiger partial charge in [0.25, 0.3) is 0 Å². The van der Waals surface area contributed by atoms with Gasteiger partial charge >= 0.3 is 0 Å². The van der Waals surface area contributed by atoms with Gasteiger partial charge in [-0.2, -0.15) is 0 Å². The number of rotatable bonds is 6. The van der Waals surface area contributed by atoms with Crippen molar-refractivity contribution in [3.8, 4) is 11.5 Å². The van der Waals surface area contributed by atoms with Gasteiger partial charge in [0.05, 0.1) is 11.2 Å². The maximum absolute atomic E-state index is 5.91. The van der Waals surface area contributed by atoms with Crippen molar-refractivity contribution in [2.24, 2.45) is 0 Å². The number of nitrogens with zero attached hydrogens (tertiary/aromatic N) is 1. The van der Waals surface area contributed by atoms with Crippen LogP contribution in [0.25, 0.3) is 0 Å². The molecule has 0 atom stereocenters. The molecule has 0 aliphatic rings. The molecule has 0 bridgehead atoms. The van der Waals surface area contributed by atoms with Gasteiger partial charge in [-0.3, -0.25) is 4.98 Å². The second-order valence-corrected chi connectivity index (χ2v) is 5.15. The van der Waals surface area contributed by atoms with E-state index in [2.05, 4.69) is 35.4 Å². The topological polar surface area (TPSA) is 34.1 Å². The predicted molar refractivity (Wildman–Crippen MR) is 82.5 cm³/mol. The number of aryl methyl sites for hydroxylation is 1. The number of nitrogens with one attached hydrogen (secondary N) is 1. The van der Waals surface area contributed by atoms with Crippen LogP contribution < -0.4 is 10.1 Å². The molecule has 0 amide bonds. The van der Waals surface area contributed by atoms with Crippen LogP contribution in [0, 0.1) is 6.92 Å². The van der Waals surface area contributed by atoms with Crippen molar-refractivity contribution in [1.82, 2.24) is 10.3 Å². The van der Waals surface area contributed by atoms with Crippen molar-refractivity contribution in [2.45, 2.75) is 26.8 Å². The van der Waals surface area contributed by atoms with Gasteiger partial charge in [-0.25, -0.2) is 0 Å². The highest BCUT2D eigenvalue weighted by Gasteiger charge is 2.04. The Bertz CT molecular complexity index is 572. The molecule has 0 saturated carbocycles. The molecule has 20 heavy (non-hydrogen) atoms. The van der Waals surface area contributed by atoms with Gasteiger partial charge in [-0.15, -0.1) is 0 Å². The summed E-state index contributed by atoms with van der Waals surface area (Å²) in [5.74, 6) is 1.49. The fraction of sp³-hybridized carbons (Fsp3) is 0.312. The van der Waals surface area contributed by atoms with E-state index in [0.717, 1.165) is 30.8 Å². The van der Waals surface area contributed by atoms with Crippen molar-refractivity contribution in [1.29, 1.82) is 0 Å². The Balaban J connectivity index is 2.12. The standard InChI is InChI=1S/C16H19ClN2O/c1-3-6-18-9-13-5-4-12(2)16(7-13)20-15-8-14(17)10-19-11-15/h4-5,7-8,10-11,18H,3,6,9H2,1-2H3. The molecule has 4 heteroatoms. The quantitative estimate of drug-likeness (QED) is 0.804. The number of ether oxygens (including phenoxy) is 1. The monoisotopic (exact) mass is 290 g/mol. The maximum atomic E-state index is 5.91. The molecule has 2 rings (SSSR count). The van der Waals surface area contributed by atoms with Gasteiger partial charge in [0, 0.05) is 18.8 Å². The largest absolute Gasteiger partial charge is 0.455 e. The second-order valence-electron chi connectivity index (χ2n) is 4.72. The first-order valence-corrected chi connectivity index (χ1v) is 7.15. The summed E-state index contributed by atoms with van der Waals surface area (Å²) in [6.45, 7) is 6.04. The number of hydrogen-bond acceptors (Lipinski definition) is 3. The predicted octanol–water partition coefficient (Wildman–Crippen LogP) is 4.34. The SMILES string of the molecule is CCCNCc1ccc(C)c(Oc2cncc(Cl)c2)c1. The van der Waals surface area contributed by atoms with Gasteiger partial charge in [-0.1, -0.05) is 30.7 Å². The molecular formula is C16H19ClN2O. The minimum absolute atomic E-state index is 0.570. The summed E-state index contributed by atoms with van der Waals surface area (Å²) in [7, 11) is 0. The van der Waals surface area contributed by atoms with E-state index in [0.29, 0.717) is 10.8 Å². The van der Waals surface area contributed by atoms with Crippen LogP contribution in [-0.4, -0.2) is 11.5 Å². The molecule has 0 fully saturated rings. The normalized spacial score (nSPS) is 10.6. The van der Waals surface area contributed by atoms with Gasteiger partial charge in [0.1, 0.15) is 11.5 Å². The lowest BCUT2D eigenvalue weighted by Crippen LogP contribution is -2.13. The Morgan fingerprint density at radius 2 is 2.10 bits per heavy atom. The first-order chi connectivity index (χ1) is 9.69. The molecule has 1 aromatic carbocycles. The summed E-state index contributed by atoms with van der Waals surface area (Å²) < 4.78 is 5.86. The molecule has 106 valence electrons. The van der Waals surface area contributed by atoms with Gasteiger partial charge < -0.3 is 10.1 Å². The molecule has 1 aromatic heterocycles. The molecule has 0 aliphatic carbocycles. The van der Waals surface area contributed by atoms with Gasteiger partial charge in [-0.05, 0) is 37.1 Å². The molecule has 0 radical (unpaired) electrons. The minimum Gasteiger partial charge on any atom is -0.455 e. The van der Waals surface area contributed by atoms with E-state index in [-0.39, 0.29) is 0 Å². The lowest BCUT2D eigenvalue weighted by Gasteiger charge is -2.11. The van der Waals surface area contributed by atoms with Crippen LogP contribution in [0.5, 0.6) is 11.5 Å². The number of pyridine rings is 1. The maximum Gasteiger partial charge on any atom is 0.147 e. The molecule has 0 unspecified atom stereocenters. The van der Waals surface area contributed by atoms with Crippen molar-refractivity contribution in [3.05, 3.63) is 52.8 Å². The molecule has 1 heterocycles. The number of hydrogen-bond donors (Lipinski definition) is 1. The Kier molecular flexibility index (Phi) is 5.39. The van der Waals surface area contributed by atoms with Crippen LogP contribution >= 0.6 is 11.6 Å². The van der Waals surface area contributed by atoms with E-state index in [1.54, 1.807) is 18.5 Å². The van der Waals surface area contributed by atoms with E-state index < -0.39 is 0 Å². The molecule has 3 nitrogen and oxygen atoms in total. The Labute approximate surface area is 124 Å². The third-order valence-corrected chi connectivity index (χ3v) is 3.12. The molecule has 0 spiro atoms. The third-order valence-electron chi connectivity index (χ3n) is 2.92. The second kappa shape index (κ2) is 7.27. The molecule has 0 saturated heterocycles. The molecule has 0 aliphatic heterocycles. The molecule has 2 aromatic rings. The summed E-state index contributed by atoms with van der Waals surface area (Å²) >= 11 is 5.91. The minimum atomic E-state index is 0.570. The van der Waals surface area contributed by atoms with Crippen LogP contribution in [0.4, 0.5) is 0 Å². The summed E-state index contributed by atoms with van der Waals surface area (Å²) in [6, 6.07) is 7.99. The average molecular weight is 291 g/mol. The van der Waals surface area contributed by atoms with Crippen molar-refractivity contribution < 1.29 is 4.74 Å². The van der Waals surface area contributed by atoms with Gasteiger partial charge in [0.2, 0.25) is 0 Å². The summed E-state index contributed by atoms with van der Waals surface area (Å²) in [6.07, 6.45) is 4.38. The molecular weight excluding hydrogens is 272 g/mol. The fourth-order valence-corrected chi connectivity index (χ4v) is 2.01. The number of halogens is 1. The zero-order valence-electron chi connectivity index (χ0n) is 11.8. The van der Waals surface area contributed by atoms with Gasteiger partial charge in [0.15, 0.2) is 0 Å². The van der Waals surface area contributed by atoms with E-state index in [9.17, 15) is 0 Å². The zero-order chi connectivity index (χ0) is 14.4. The van der Waals surface area contributed by atoms with Crippen LogP contribution in [0.3, 0.4) is 0 Å². The van der Waals surface area contributed by atoms with E-state index in [4.69, 9.17) is 16.3 Å². The lowest BCUT2D eigenvalue weighted by atomic mass is 10.1. The van der Waals surface area contributed by atoms with Crippen molar-refractivity contribution in [2.75, 3.05) is 6.54 Å². The van der Waals surface area contributed by atoms with Crippen molar-refractivity contribution >= 4 is 11.6 Å². The van der Waals surface area contributed by atoms with Crippen LogP contribution in [0.2, 0.25) is 5.02 Å². The average Bonchev–Trinajstić information content (AvgIpc) is 2.43. The van der Waals surface area contributed by atoms with E-state index >= 15 is 0 Å². The highest BCUT2D eigenvalue weighted by molar-refractivity contribution is 6.30. The zero-order valence-corrected chi connectivity index (χ0v) is 12.6. The lowest BCUT2D eigenvalue weighted by molar-refractivity contribution is 0.475. The van der Waals surface area contributed by atoms with Crippen LogP contribution in [0.15, 0.2) is 36.7 Å². The highest BCUT2D eigenvalue weighted by Crippen LogP contribution is 2.27. The van der Waals surface area contributed by atoms with E-state index in [1.165, 1.54) is 5.56 Å². The van der Waals surface area contributed by atoms with E-state index in [1.807, 2.05) is 6.92 Å². The Hall–Kier alpha value is -1.58. The summed E-state index contributed by atoms with van der Waals surface area (Å²) in [5.41, 5.74) is 2.29. The summed E-state index contributed by atoms with van der Waals surface area (Å²) in [5, 5.41) is 3.95. The fourth-order valence-electron chi connectivity index (χ4n) is 1.85. The highest BCUT2D eigenvalue weighted by atomic mass is 35.5. The van der Waals surface area contributed by atoms with Crippen LogP contribution in [0.1, 0.15) is 24.5 Å². The number of benzene rings is 1. The third kappa shape index (κ3) is 4.22. The Morgan fingerprint density at radius 1 is 1.25 bits per heavy atom.